The van der Waals surface area contributed by atoms with Crippen molar-refractivity contribution in [2.24, 2.45) is 11.7 Å². The first-order chi connectivity index (χ1) is 8.68. The van der Waals surface area contributed by atoms with Crippen LogP contribution in [0.25, 0.3) is 0 Å². The topological polar surface area (TPSA) is 43.1 Å². The molecule has 2 unspecified atom stereocenters. The van der Waals surface area contributed by atoms with Gasteiger partial charge >= 0.3 is 6.18 Å². The number of benzene rings is 1. The van der Waals surface area contributed by atoms with Crippen LogP contribution < -0.4 is 5.73 Å². The normalized spacial score (nSPS) is 15.1. The molecule has 2 atom stereocenters. The van der Waals surface area contributed by atoms with Crippen molar-refractivity contribution in [2.75, 3.05) is 0 Å². The lowest BCUT2D eigenvalue weighted by molar-refractivity contribution is -0.140. The van der Waals surface area contributed by atoms with Gasteiger partial charge in [0.05, 0.1) is 11.6 Å². The summed E-state index contributed by atoms with van der Waals surface area (Å²) in [6.07, 6.45) is -4.21. The Morgan fingerprint density at radius 1 is 1.37 bits per heavy atom. The quantitative estimate of drug-likeness (QED) is 0.677. The maximum atomic E-state index is 13.1. The van der Waals surface area contributed by atoms with E-state index in [4.69, 9.17) is 5.73 Å². The fraction of sp³-hybridized carbons (Fsp3) is 0.462. The molecule has 0 aliphatic carbocycles. The highest BCUT2D eigenvalue weighted by Crippen LogP contribution is 2.32. The van der Waals surface area contributed by atoms with Gasteiger partial charge in [-0.05, 0) is 24.1 Å². The molecular formula is C13H15F4NO. The minimum absolute atomic E-state index is 0.160. The molecule has 0 amide bonds. The zero-order valence-electron chi connectivity index (χ0n) is 10.6. The molecule has 19 heavy (non-hydrogen) atoms. The predicted octanol–water partition coefficient (Wildman–Crippen LogP) is 3.40. The lowest BCUT2D eigenvalue weighted by Crippen LogP contribution is -2.36. The van der Waals surface area contributed by atoms with Crippen LogP contribution in [0.1, 0.15) is 36.2 Å². The van der Waals surface area contributed by atoms with Crippen LogP contribution in [0.4, 0.5) is 17.6 Å². The van der Waals surface area contributed by atoms with Crippen LogP contribution in [0, 0.1) is 11.7 Å². The van der Waals surface area contributed by atoms with Gasteiger partial charge < -0.3 is 5.73 Å². The van der Waals surface area contributed by atoms with Gasteiger partial charge in [-0.25, -0.2) is 4.39 Å². The summed E-state index contributed by atoms with van der Waals surface area (Å²) in [4.78, 5) is 11.9. The van der Waals surface area contributed by atoms with Crippen LogP contribution >= 0.6 is 0 Å². The van der Waals surface area contributed by atoms with Gasteiger partial charge in [-0.15, -0.1) is 0 Å². The number of carbonyl (C=O) groups is 1. The van der Waals surface area contributed by atoms with Crippen molar-refractivity contribution in [2.45, 2.75) is 32.5 Å². The summed E-state index contributed by atoms with van der Waals surface area (Å²) < 4.78 is 50.7. The lowest BCUT2D eigenvalue weighted by atomic mass is 9.92. The number of rotatable bonds is 4. The molecule has 0 aliphatic rings. The molecule has 1 rings (SSSR count). The van der Waals surface area contributed by atoms with Crippen molar-refractivity contribution < 1.29 is 22.4 Å². The molecule has 0 aliphatic heterocycles. The molecule has 0 fully saturated rings. The van der Waals surface area contributed by atoms with Crippen LogP contribution in [0.15, 0.2) is 18.2 Å². The van der Waals surface area contributed by atoms with Crippen LogP contribution in [0.5, 0.6) is 0 Å². The van der Waals surface area contributed by atoms with Crippen molar-refractivity contribution in [3.8, 4) is 0 Å². The van der Waals surface area contributed by atoms with E-state index in [2.05, 4.69) is 0 Å². The highest BCUT2D eigenvalue weighted by molar-refractivity contribution is 6.00. The van der Waals surface area contributed by atoms with E-state index < -0.39 is 29.4 Å². The standard InChI is InChI=1S/C13H15F4NO/c1-3-7(2)11(18)12(19)8-4-5-10(14)9(6-8)13(15,16)17/h4-7,11H,3,18H2,1-2H3. The van der Waals surface area contributed by atoms with E-state index in [1.807, 2.05) is 6.92 Å². The Balaban J connectivity index is 3.13. The first-order valence-corrected chi connectivity index (χ1v) is 5.85. The first-order valence-electron chi connectivity index (χ1n) is 5.85. The highest BCUT2D eigenvalue weighted by atomic mass is 19.4. The third-order valence-electron chi connectivity index (χ3n) is 3.12. The molecular weight excluding hydrogens is 262 g/mol. The minimum Gasteiger partial charge on any atom is -0.321 e. The zero-order valence-corrected chi connectivity index (χ0v) is 10.6. The number of carbonyl (C=O) groups excluding carboxylic acids is 1. The number of nitrogens with two attached hydrogens (primary N) is 1. The Bertz CT molecular complexity index is 470. The van der Waals surface area contributed by atoms with Gasteiger partial charge in [-0.3, -0.25) is 4.79 Å². The molecule has 0 saturated carbocycles. The largest absolute Gasteiger partial charge is 0.419 e. The van der Waals surface area contributed by atoms with E-state index in [9.17, 15) is 22.4 Å². The summed E-state index contributed by atoms with van der Waals surface area (Å²) >= 11 is 0. The third-order valence-corrected chi connectivity index (χ3v) is 3.12. The second kappa shape index (κ2) is 5.69. The number of ketones is 1. The van der Waals surface area contributed by atoms with Gasteiger partial charge in [-0.1, -0.05) is 20.3 Å². The molecule has 0 bridgehead atoms. The smallest absolute Gasteiger partial charge is 0.321 e. The second-order valence-corrected chi connectivity index (χ2v) is 4.47. The monoisotopic (exact) mass is 277 g/mol. The summed E-state index contributed by atoms with van der Waals surface area (Å²) in [6.45, 7) is 3.56. The molecule has 6 heteroatoms. The van der Waals surface area contributed by atoms with Gasteiger partial charge in [0.2, 0.25) is 0 Å². The number of hydrogen-bond acceptors (Lipinski definition) is 2. The summed E-state index contributed by atoms with van der Waals surface area (Å²) in [7, 11) is 0. The van der Waals surface area contributed by atoms with Crippen LogP contribution in [0.2, 0.25) is 0 Å². The molecule has 106 valence electrons. The summed E-state index contributed by atoms with van der Waals surface area (Å²) in [5, 5.41) is 0. The predicted molar refractivity (Wildman–Crippen MR) is 63.2 cm³/mol. The molecule has 0 heterocycles. The van der Waals surface area contributed by atoms with E-state index in [-0.39, 0.29) is 11.5 Å². The molecule has 2 N–H and O–H groups in total. The Hall–Kier alpha value is -1.43. The third kappa shape index (κ3) is 3.53. The Kier molecular flexibility index (Phi) is 4.68. The van der Waals surface area contributed by atoms with Crippen LogP contribution in [0.3, 0.4) is 0 Å². The number of halogens is 4. The average Bonchev–Trinajstić information content (AvgIpc) is 2.35. The maximum absolute atomic E-state index is 13.1. The molecule has 1 aromatic rings. The van der Waals surface area contributed by atoms with Gasteiger partial charge in [0, 0.05) is 5.56 Å². The Labute approximate surface area is 108 Å². The van der Waals surface area contributed by atoms with Gasteiger partial charge in [0.25, 0.3) is 0 Å². The molecule has 1 aromatic carbocycles. The highest BCUT2D eigenvalue weighted by Gasteiger charge is 2.35. The Morgan fingerprint density at radius 2 is 1.95 bits per heavy atom. The molecule has 0 aromatic heterocycles. The van der Waals surface area contributed by atoms with Crippen molar-refractivity contribution in [1.82, 2.24) is 0 Å². The SMILES string of the molecule is CCC(C)C(N)C(=O)c1ccc(F)c(C(F)(F)F)c1. The van der Waals surface area contributed by atoms with Crippen LogP contribution in [-0.2, 0) is 6.18 Å². The zero-order chi connectivity index (χ0) is 14.8. The first kappa shape index (κ1) is 15.6. The molecule has 0 spiro atoms. The number of alkyl halides is 3. The van der Waals surface area contributed by atoms with Gasteiger partial charge in [0.1, 0.15) is 5.82 Å². The van der Waals surface area contributed by atoms with E-state index in [0.29, 0.717) is 18.6 Å². The summed E-state index contributed by atoms with van der Waals surface area (Å²) in [5.41, 5.74) is 4.01. The summed E-state index contributed by atoms with van der Waals surface area (Å²) in [5.74, 6) is -2.17. The summed E-state index contributed by atoms with van der Waals surface area (Å²) in [6, 6.07) is 1.28. The Morgan fingerprint density at radius 3 is 2.42 bits per heavy atom. The number of hydrogen-bond donors (Lipinski definition) is 1. The van der Waals surface area contributed by atoms with Gasteiger partial charge in [0.15, 0.2) is 5.78 Å². The van der Waals surface area contributed by atoms with E-state index in [1.54, 1.807) is 6.92 Å². The second-order valence-electron chi connectivity index (χ2n) is 4.47. The van der Waals surface area contributed by atoms with Crippen molar-refractivity contribution in [3.63, 3.8) is 0 Å². The van der Waals surface area contributed by atoms with Gasteiger partial charge in [-0.2, -0.15) is 13.2 Å². The lowest BCUT2D eigenvalue weighted by Gasteiger charge is -2.17. The van der Waals surface area contributed by atoms with Crippen molar-refractivity contribution >= 4 is 5.78 Å². The van der Waals surface area contributed by atoms with Crippen molar-refractivity contribution in [3.05, 3.63) is 35.1 Å². The van der Waals surface area contributed by atoms with E-state index >= 15 is 0 Å². The molecule has 0 saturated heterocycles. The minimum atomic E-state index is -4.83. The maximum Gasteiger partial charge on any atom is 0.419 e. The molecule has 2 nitrogen and oxygen atoms in total. The van der Waals surface area contributed by atoms with Crippen LogP contribution in [-0.4, -0.2) is 11.8 Å². The van der Waals surface area contributed by atoms with Crippen molar-refractivity contribution in [1.29, 1.82) is 0 Å². The fourth-order valence-corrected chi connectivity index (χ4v) is 1.60. The average molecular weight is 277 g/mol. The number of Topliss-reactive ketones (excluding diaryl/α,β-unsaturated/α-hetero) is 1. The van der Waals surface area contributed by atoms with E-state index in [1.165, 1.54) is 0 Å². The van der Waals surface area contributed by atoms with E-state index in [0.717, 1.165) is 6.07 Å². The molecule has 0 radical (unpaired) electrons. The fourth-order valence-electron chi connectivity index (χ4n) is 1.60.